The summed E-state index contributed by atoms with van der Waals surface area (Å²) in [7, 11) is 2.18. The highest BCUT2D eigenvalue weighted by Gasteiger charge is 2.13. The number of nitrogens with zero attached hydrogens (tertiary/aromatic N) is 1. The first-order chi connectivity index (χ1) is 20.7. The highest BCUT2D eigenvalue weighted by atomic mass is 14.9. The number of fused-ring (bicyclic) bond motifs is 7. The van der Waals surface area contributed by atoms with Crippen LogP contribution in [0.4, 0.5) is 0 Å². The Labute approximate surface area is 251 Å². The van der Waals surface area contributed by atoms with Crippen LogP contribution in [0.2, 0.25) is 0 Å². The second-order valence-corrected chi connectivity index (χ2v) is 12.0. The molecule has 0 saturated carbocycles. The van der Waals surface area contributed by atoms with Gasteiger partial charge in [0.05, 0.1) is 11.0 Å². The summed E-state index contributed by atoms with van der Waals surface area (Å²) in [6.07, 6.45) is 15.0. The Hall–Kier alpha value is -4.02. The van der Waals surface area contributed by atoms with E-state index in [1.165, 1.54) is 120 Å². The van der Waals surface area contributed by atoms with E-state index in [9.17, 15) is 0 Å². The lowest BCUT2D eigenvalue weighted by atomic mass is 9.99. The maximum absolute atomic E-state index is 3.43. The summed E-state index contributed by atoms with van der Waals surface area (Å²) in [6, 6.07) is 33.3. The third kappa shape index (κ3) is 6.10. The highest BCUT2D eigenvalue weighted by molar-refractivity contribution is 6.22. The predicted octanol–water partition coefficient (Wildman–Crippen LogP) is 11.5. The Balaban J connectivity index is 1.11. The first-order valence-electron chi connectivity index (χ1n) is 16.2. The van der Waals surface area contributed by atoms with Crippen molar-refractivity contribution in [2.24, 2.45) is 7.05 Å². The van der Waals surface area contributed by atoms with Crippen LogP contribution in [0.1, 0.15) is 87.8 Å². The molecule has 42 heavy (non-hydrogen) atoms. The molecule has 0 fully saturated rings. The molecule has 0 aliphatic carbocycles. The SMILES string of the molecule is CCCCCCCCCCCCc1ccc(C#Cc2ccc3c4ccc5c6ccccc6ccc5c4n(C)c3c2)cc1. The minimum Gasteiger partial charge on any atom is -0.343 e. The maximum atomic E-state index is 3.43. The maximum Gasteiger partial charge on any atom is 0.0568 e. The van der Waals surface area contributed by atoms with Crippen LogP contribution in [0.15, 0.2) is 91.0 Å². The molecule has 0 atom stereocenters. The zero-order chi connectivity index (χ0) is 28.7. The molecule has 0 aliphatic rings. The molecule has 0 aliphatic heterocycles. The molecule has 6 aromatic rings. The minimum atomic E-state index is 1.05. The van der Waals surface area contributed by atoms with Crippen molar-refractivity contribution in [1.29, 1.82) is 0 Å². The predicted molar refractivity (Wildman–Crippen MR) is 183 cm³/mol. The van der Waals surface area contributed by atoms with Gasteiger partial charge in [-0.2, -0.15) is 0 Å². The second-order valence-electron chi connectivity index (χ2n) is 12.0. The van der Waals surface area contributed by atoms with Gasteiger partial charge in [0, 0.05) is 34.3 Å². The van der Waals surface area contributed by atoms with Crippen LogP contribution < -0.4 is 0 Å². The molecule has 1 aromatic heterocycles. The zero-order valence-corrected chi connectivity index (χ0v) is 25.4. The Morgan fingerprint density at radius 2 is 1.12 bits per heavy atom. The van der Waals surface area contributed by atoms with Gasteiger partial charge < -0.3 is 4.57 Å². The van der Waals surface area contributed by atoms with Crippen LogP contribution >= 0.6 is 0 Å². The fraction of sp³-hybridized carbons (Fsp3) is 0.317. The summed E-state index contributed by atoms with van der Waals surface area (Å²) in [5, 5.41) is 7.78. The monoisotopic (exact) mass is 549 g/mol. The van der Waals surface area contributed by atoms with Crippen LogP contribution in [0.5, 0.6) is 0 Å². The van der Waals surface area contributed by atoms with Crippen molar-refractivity contribution in [3.63, 3.8) is 0 Å². The average molecular weight is 550 g/mol. The summed E-state index contributed by atoms with van der Waals surface area (Å²) >= 11 is 0. The van der Waals surface area contributed by atoms with Gasteiger partial charge in [-0.3, -0.25) is 0 Å². The number of aromatic nitrogens is 1. The molecule has 0 amide bonds. The number of aryl methyl sites for hydroxylation is 2. The van der Waals surface area contributed by atoms with Crippen LogP contribution in [0.25, 0.3) is 43.4 Å². The van der Waals surface area contributed by atoms with E-state index in [1.54, 1.807) is 0 Å². The van der Waals surface area contributed by atoms with Crippen molar-refractivity contribution in [2.45, 2.75) is 77.6 Å². The topological polar surface area (TPSA) is 4.93 Å². The summed E-state index contributed by atoms with van der Waals surface area (Å²) in [5.74, 6) is 6.84. The van der Waals surface area contributed by atoms with E-state index >= 15 is 0 Å². The van der Waals surface area contributed by atoms with Gasteiger partial charge in [0.15, 0.2) is 0 Å². The molecule has 1 nitrogen and oxygen atoms in total. The van der Waals surface area contributed by atoms with E-state index in [0.29, 0.717) is 0 Å². The van der Waals surface area contributed by atoms with Gasteiger partial charge in [0.2, 0.25) is 0 Å². The van der Waals surface area contributed by atoms with Crippen molar-refractivity contribution in [1.82, 2.24) is 4.57 Å². The zero-order valence-electron chi connectivity index (χ0n) is 25.4. The molecule has 0 saturated heterocycles. The van der Waals surface area contributed by atoms with Gasteiger partial charge in [-0.1, -0.05) is 143 Å². The minimum absolute atomic E-state index is 1.05. The van der Waals surface area contributed by atoms with Crippen molar-refractivity contribution in [3.05, 3.63) is 108 Å². The van der Waals surface area contributed by atoms with Gasteiger partial charge in [0.1, 0.15) is 0 Å². The van der Waals surface area contributed by atoms with Gasteiger partial charge in [-0.05, 0) is 58.8 Å². The van der Waals surface area contributed by atoms with Gasteiger partial charge in [0.25, 0.3) is 0 Å². The smallest absolute Gasteiger partial charge is 0.0568 e. The number of rotatable bonds is 11. The molecule has 6 rings (SSSR count). The highest BCUT2D eigenvalue weighted by Crippen LogP contribution is 2.36. The van der Waals surface area contributed by atoms with Gasteiger partial charge >= 0.3 is 0 Å². The molecule has 0 spiro atoms. The van der Waals surface area contributed by atoms with E-state index in [-0.39, 0.29) is 0 Å². The van der Waals surface area contributed by atoms with Crippen molar-refractivity contribution in [2.75, 3.05) is 0 Å². The quantitative estimate of drug-likeness (QED) is 0.0860. The molecule has 1 heteroatoms. The van der Waals surface area contributed by atoms with Crippen LogP contribution in [-0.4, -0.2) is 4.57 Å². The lowest BCUT2D eigenvalue weighted by molar-refractivity contribution is 0.556. The number of hydrogen-bond donors (Lipinski definition) is 0. The van der Waals surface area contributed by atoms with Crippen molar-refractivity contribution >= 4 is 43.4 Å². The fourth-order valence-electron chi connectivity index (χ4n) is 6.60. The van der Waals surface area contributed by atoms with Crippen molar-refractivity contribution < 1.29 is 0 Å². The Bertz CT molecular complexity index is 1870. The molecule has 0 radical (unpaired) electrons. The number of unbranched alkanes of at least 4 members (excludes halogenated alkanes) is 9. The van der Waals surface area contributed by atoms with E-state index in [2.05, 4.69) is 121 Å². The fourth-order valence-corrected chi connectivity index (χ4v) is 6.60. The standard InChI is InChI=1S/C41H43N/c1-3-4-5-6-7-8-9-10-11-12-15-31-18-20-32(21-19-31)22-23-33-24-26-37-39-29-28-36-35-17-14-13-16-34(35)25-27-38(36)41(39)42(2)40(37)30-33/h13-14,16-21,24-30H,3-12,15H2,1-2H3. The first-order valence-corrected chi connectivity index (χ1v) is 16.2. The van der Waals surface area contributed by atoms with E-state index in [4.69, 9.17) is 0 Å². The van der Waals surface area contributed by atoms with Crippen LogP contribution in [0.3, 0.4) is 0 Å². The lowest BCUT2D eigenvalue weighted by Gasteiger charge is -2.07. The van der Waals surface area contributed by atoms with Gasteiger partial charge in [-0.25, -0.2) is 0 Å². The number of hydrogen-bond acceptors (Lipinski definition) is 0. The summed E-state index contributed by atoms with van der Waals surface area (Å²) in [4.78, 5) is 0. The Kier molecular flexibility index (Phi) is 8.91. The van der Waals surface area contributed by atoms with Crippen LogP contribution in [-0.2, 0) is 13.5 Å². The molecule has 0 bridgehead atoms. The molecule has 5 aromatic carbocycles. The first kappa shape index (κ1) is 28.1. The van der Waals surface area contributed by atoms with Crippen LogP contribution in [0, 0.1) is 11.8 Å². The van der Waals surface area contributed by atoms with E-state index < -0.39 is 0 Å². The van der Waals surface area contributed by atoms with E-state index in [1.807, 2.05) is 0 Å². The Morgan fingerprint density at radius 3 is 1.90 bits per heavy atom. The molecule has 0 N–H and O–H groups in total. The normalized spacial score (nSPS) is 11.5. The van der Waals surface area contributed by atoms with E-state index in [0.717, 1.165) is 11.1 Å². The molecular formula is C41H43N. The Morgan fingerprint density at radius 1 is 0.524 bits per heavy atom. The van der Waals surface area contributed by atoms with Gasteiger partial charge in [-0.15, -0.1) is 0 Å². The molecular weight excluding hydrogens is 506 g/mol. The summed E-state index contributed by atoms with van der Waals surface area (Å²) in [5.41, 5.74) is 6.08. The third-order valence-electron chi connectivity index (χ3n) is 9.01. The summed E-state index contributed by atoms with van der Waals surface area (Å²) in [6.45, 7) is 2.29. The molecule has 1 heterocycles. The molecule has 212 valence electrons. The second kappa shape index (κ2) is 13.3. The number of benzene rings is 5. The third-order valence-corrected chi connectivity index (χ3v) is 9.01. The van der Waals surface area contributed by atoms with Crippen molar-refractivity contribution in [3.8, 4) is 11.8 Å². The largest absolute Gasteiger partial charge is 0.343 e. The molecule has 0 unspecified atom stereocenters. The average Bonchev–Trinajstić information content (AvgIpc) is 3.32. The summed E-state index contributed by atoms with van der Waals surface area (Å²) < 4.78 is 2.34. The lowest BCUT2D eigenvalue weighted by Crippen LogP contribution is -1.89.